The Labute approximate surface area is 219 Å². The van der Waals surface area contributed by atoms with Gasteiger partial charge in [-0.3, -0.25) is 19.1 Å². The summed E-state index contributed by atoms with van der Waals surface area (Å²) in [5.74, 6) is -1.86. The molecule has 1 amide bonds. The smallest absolute Gasteiger partial charge is 0.408 e. The average Bonchev–Trinajstić information content (AvgIpc) is 3.05. The molecule has 2 aromatic carbocycles. The Bertz CT molecular complexity index is 1440. The van der Waals surface area contributed by atoms with Gasteiger partial charge in [0.1, 0.15) is 18.5 Å². The van der Waals surface area contributed by atoms with Crippen molar-refractivity contribution in [2.75, 3.05) is 12.1 Å². The molecule has 3 aromatic rings. The molecule has 0 fully saturated rings. The van der Waals surface area contributed by atoms with Crippen LogP contribution >= 0.6 is 11.8 Å². The maximum absolute atomic E-state index is 13.7. The van der Waals surface area contributed by atoms with E-state index in [0.29, 0.717) is 4.90 Å². The minimum absolute atomic E-state index is 0.0715. The quantitative estimate of drug-likeness (QED) is 0.369. The van der Waals surface area contributed by atoms with Crippen molar-refractivity contribution in [2.24, 2.45) is 0 Å². The molecule has 38 heavy (non-hydrogen) atoms. The Morgan fingerprint density at radius 3 is 2.50 bits per heavy atom. The molecule has 0 unspecified atom stereocenters. The summed E-state index contributed by atoms with van der Waals surface area (Å²) in [6.45, 7) is 1.43. The summed E-state index contributed by atoms with van der Waals surface area (Å²) in [6, 6.07) is 12.7. The number of rotatable bonds is 2. The first kappa shape index (κ1) is 27.2. The second-order valence-electron chi connectivity index (χ2n) is 8.58. The molecule has 0 saturated heterocycles. The summed E-state index contributed by atoms with van der Waals surface area (Å²) in [5.41, 5.74) is 4.59. The van der Waals surface area contributed by atoms with Gasteiger partial charge < -0.3 is 15.1 Å². The molecule has 2 aliphatic rings. The molecule has 2 aliphatic heterocycles. The molecule has 200 valence electrons. The van der Waals surface area contributed by atoms with Crippen LogP contribution in [0.2, 0.25) is 0 Å². The zero-order chi connectivity index (χ0) is 27.6. The predicted molar refractivity (Wildman–Crippen MR) is 133 cm³/mol. The second-order valence-corrected chi connectivity index (χ2v) is 9.60. The van der Waals surface area contributed by atoms with Crippen molar-refractivity contribution in [2.45, 2.75) is 43.1 Å². The van der Waals surface area contributed by atoms with Gasteiger partial charge in [-0.1, -0.05) is 30.3 Å². The monoisotopic (exact) mass is 549 g/mol. The van der Waals surface area contributed by atoms with E-state index in [9.17, 15) is 31.9 Å². The van der Waals surface area contributed by atoms with Crippen LogP contribution in [0, 0.1) is 5.82 Å². The number of nitrogens with zero attached hydrogens (tertiary/aromatic N) is 2. The van der Waals surface area contributed by atoms with Crippen LogP contribution in [-0.2, 0) is 17.0 Å². The fraction of sp³-hybridized carbons (Fsp3) is 0.269. The van der Waals surface area contributed by atoms with Crippen LogP contribution in [0.25, 0.3) is 0 Å². The van der Waals surface area contributed by atoms with E-state index >= 15 is 0 Å². The Morgan fingerprint density at radius 2 is 1.79 bits per heavy atom. The van der Waals surface area contributed by atoms with Crippen LogP contribution in [0.15, 0.2) is 64.4 Å². The van der Waals surface area contributed by atoms with Crippen molar-refractivity contribution >= 4 is 23.6 Å². The zero-order valence-electron chi connectivity index (χ0n) is 20.3. The number of aromatic nitrogens is 1. The average molecular weight is 550 g/mol. The SMILES string of the molecule is CC(=O)Oc1c2n(ccc1=O)NCN([C@@H](C)C(F)(F)F)C2=O.Fc1cccc2c1CSc1ccccc1C2. The minimum atomic E-state index is -4.63. The number of amides is 1. The lowest BCUT2D eigenvalue weighted by Crippen LogP contribution is -2.54. The van der Waals surface area contributed by atoms with Gasteiger partial charge in [0.25, 0.3) is 5.91 Å². The van der Waals surface area contributed by atoms with E-state index in [0.717, 1.165) is 47.9 Å². The maximum atomic E-state index is 13.7. The summed E-state index contributed by atoms with van der Waals surface area (Å²) < 4.78 is 57.8. The number of carbonyl (C=O) groups excluding carboxylic acids is 2. The topological polar surface area (TPSA) is 80.6 Å². The van der Waals surface area contributed by atoms with Gasteiger partial charge in [0.2, 0.25) is 11.2 Å². The van der Waals surface area contributed by atoms with Gasteiger partial charge in [-0.25, -0.2) is 4.39 Å². The molecule has 3 heterocycles. The van der Waals surface area contributed by atoms with Gasteiger partial charge in [-0.2, -0.15) is 13.2 Å². The third-order valence-electron chi connectivity index (χ3n) is 6.06. The summed E-state index contributed by atoms with van der Waals surface area (Å²) in [7, 11) is 0. The van der Waals surface area contributed by atoms with Crippen molar-refractivity contribution in [3.05, 3.63) is 93.2 Å². The first-order valence-corrected chi connectivity index (χ1v) is 12.5. The highest BCUT2D eigenvalue weighted by Gasteiger charge is 2.44. The predicted octanol–water partition coefficient (Wildman–Crippen LogP) is 4.70. The highest BCUT2D eigenvalue weighted by Crippen LogP contribution is 2.34. The number of alkyl halides is 3. The van der Waals surface area contributed by atoms with E-state index < -0.39 is 47.6 Å². The van der Waals surface area contributed by atoms with Gasteiger partial charge >= 0.3 is 12.1 Å². The molecule has 0 saturated carbocycles. The van der Waals surface area contributed by atoms with Gasteiger partial charge in [-0.15, -0.1) is 11.8 Å². The van der Waals surface area contributed by atoms with E-state index in [-0.39, 0.29) is 5.82 Å². The van der Waals surface area contributed by atoms with Crippen LogP contribution in [0.5, 0.6) is 5.75 Å². The summed E-state index contributed by atoms with van der Waals surface area (Å²) in [5, 5.41) is 0. The Hall–Kier alpha value is -3.80. The third-order valence-corrected chi connectivity index (χ3v) is 7.20. The molecule has 1 N–H and O–H groups in total. The lowest BCUT2D eigenvalue weighted by molar-refractivity contribution is -0.172. The number of benzene rings is 2. The number of thioether (sulfide) groups is 1. The van der Waals surface area contributed by atoms with Gasteiger partial charge in [0, 0.05) is 35.4 Å². The minimum Gasteiger partial charge on any atom is -0.420 e. The molecule has 1 aromatic heterocycles. The highest BCUT2D eigenvalue weighted by atomic mass is 32.2. The lowest BCUT2D eigenvalue weighted by Gasteiger charge is -2.36. The molecule has 0 bridgehead atoms. The molecule has 0 aliphatic carbocycles. The van der Waals surface area contributed by atoms with E-state index in [1.165, 1.54) is 16.7 Å². The van der Waals surface area contributed by atoms with Crippen molar-refractivity contribution in [3.8, 4) is 5.75 Å². The summed E-state index contributed by atoms with van der Waals surface area (Å²) in [4.78, 5) is 36.8. The summed E-state index contributed by atoms with van der Waals surface area (Å²) in [6.07, 6.45) is -2.61. The standard InChI is InChI=1S/C14H11FS.C12H12F3N3O4/c15-13-6-3-5-10-8-11-4-1-2-7-14(11)16-9-12(10)13;1-6(12(13,14)15)17-5-16-18-4-3-8(20)10(22-7(2)19)9(18)11(17)21/h1-7H,8-9H2;3-4,6,16H,5H2,1-2H3/t;6-/m.0/s1. The number of hydrogen-bond donors (Lipinski definition) is 1. The first-order valence-electron chi connectivity index (χ1n) is 11.5. The molecule has 1 atom stereocenters. The molecule has 0 radical (unpaired) electrons. The number of carbonyl (C=O) groups is 2. The van der Waals surface area contributed by atoms with Crippen LogP contribution in [0.4, 0.5) is 17.6 Å². The van der Waals surface area contributed by atoms with Crippen molar-refractivity contribution in [1.82, 2.24) is 9.58 Å². The molecular weight excluding hydrogens is 526 g/mol. The first-order chi connectivity index (χ1) is 18.0. The van der Waals surface area contributed by atoms with Gasteiger partial charge in [-0.05, 0) is 36.6 Å². The molecule has 12 heteroatoms. The van der Waals surface area contributed by atoms with Gasteiger partial charge in [0.05, 0.1) is 0 Å². The summed E-state index contributed by atoms with van der Waals surface area (Å²) >= 11 is 1.73. The maximum Gasteiger partial charge on any atom is 0.408 e. The molecular formula is C26H23F4N3O4S. The highest BCUT2D eigenvalue weighted by molar-refractivity contribution is 7.98. The Kier molecular flexibility index (Phi) is 7.81. The fourth-order valence-corrected chi connectivity index (χ4v) is 5.14. The van der Waals surface area contributed by atoms with Crippen LogP contribution in [0.1, 0.15) is 41.0 Å². The fourth-order valence-electron chi connectivity index (χ4n) is 4.02. The number of nitrogens with one attached hydrogen (secondary N) is 1. The molecule has 7 nitrogen and oxygen atoms in total. The number of esters is 1. The number of fused-ring (bicyclic) bond motifs is 3. The molecule has 5 rings (SSSR count). The van der Waals surface area contributed by atoms with E-state index in [1.807, 2.05) is 18.2 Å². The largest absolute Gasteiger partial charge is 0.420 e. The van der Waals surface area contributed by atoms with E-state index in [1.54, 1.807) is 23.9 Å². The second kappa shape index (κ2) is 10.9. The third kappa shape index (κ3) is 5.69. The van der Waals surface area contributed by atoms with Crippen molar-refractivity contribution in [1.29, 1.82) is 0 Å². The zero-order valence-corrected chi connectivity index (χ0v) is 21.2. The number of hydrogen-bond acceptors (Lipinski definition) is 6. The Morgan fingerprint density at radius 1 is 1.08 bits per heavy atom. The van der Waals surface area contributed by atoms with Crippen LogP contribution in [-0.4, -0.2) is 40.3 Å². The van der Waals surface area contributed by atoms with Crippen LogP contribution < -0.4 is 15.6 Å². The number of halogens is 4. The Balaban J connectivity index is 0.000000185. The number of ether oxygens (including phenoxy) is 1. The normalized spacial score (nSPS) is 15.0. The molecule has 0 spiro atoms. The van der Waals surface area contributed by atoms with E-state index in [2.05, 4.69) is 22.3 Å². The number of pyridine rings is 1. The van der Waals surface area contributed by atoms with E-state index in [4.69, 9.17) is 0 Å². The van der Waals surface area contributed by atoms with Crippen molar-refractivity contribution in [3.63, 3.8) is 0 Å². The van der Waals surface area contributed by atoms with Crippen molar-refractivity contribution < 1.29 is 31.9 Å². The van der Waals surface area contributed by atoms with Crippen LogP contribution in [0.3, 0.4) is 0 Å². The van der Waals surface area contributed by atoms with Gasteiger partial charge in [0.15, 0.2) is 5.69 Å². The lowest BCUT2D eigenvalue weighted by atomic mass is 10.0.